The summed E-state index contributed by atoms with van der Waals surface area (Å²) in [6.07, 6.45) is 3.20. The van der Waals surface area contributed by atoms with Gasteiger partial charge in [-0.25, -0.2) is 4.39 Å². The fourth-order valence-electron chi connectivity index (χ4n) is 1.20. The van der Waals surface area contributed by atoms with Crippen LogP contribution in [-0.4, -0.2) is 9.97 Å². The van der Waals surface area contributed by atoms with Crippen LogP contribution < -0.4 is 0 Å². The van der Waals surface area contributed by atoms with E-state index in [2.05, 4.69) is 9.97 Å². The highest BCUT2D eigenvalue weighted by molar-refractivity contribution is 5.58. The Morgan fingerprint density at radius 3 is 2.50 bits per heavy atom. The molecule has 0 amide bonds. The lowest BCUT2D eigenvalue weighted by Gasteiger charge is -2.01. The zero-order chi connectivity index (χ0) is 9.97. The molecule has 0 saturated heterocycles. The first-order chi connectivity index (χ1) is 6.77. The van der Waals surface area contributed by atoms with E-state index in [9.17, 15) is 4.39 Å². The summed E-state index contributed by atoms with van der Waals surface area (Å²) in [5.74, 6) is -0.273. The van der Waals surface area contributed by atoms with Crippen molar-refractivity contribution >= 4 is 0 Å². The Kier molecular flexibility index (Phi) is 2.23. The van der Waals surface area contributed by atoms with Crippen molar-refractivity contribution < 1.29 is 4.39 Å². The van der Waals surface area contributed by atoms with Gasteiger partial charge in [-0.1, -0.05) is 12.1 Å². The summed E-state index contributed by atoms with van der Waals surface area (Å²) in [5, 5.41) is 0. The number of aromatic nitrogens is 2. The molecule has 2 nitrogen and oxygen atoms in total. The van der Waals surface area contributed by atoms with E-state index in [4.69, 9.17) is 0 Å². The van der Waals surface area contributed by atoms with Crippen LogP contribution in [0.3, 0.4) is 0 Å². The van der Waals surface area contributed by atoms with Crippen molar-refractivity contribution in [3.8, 4) is 11.3 Å². The van der Waals surface area contributed by atoms with Crippen molar-refractivity contribution in [2.45, 2.75) is 6.92 Å². The Morgan fingerprint density at radius 2 is 1.86 bits per heavy atom. The molecule has 0 unspecified atom stereocenters. The third-order valence-corrected chi connectivity index (χ3v) is 1.93. The molecule has 3 heteroatoms. The van der Waals surface area contributed by atoms with Crippen molar-refractivity contribution in [3.63, 3.8) is 0 Å². The van der Waals surface area contributed by atoms with Crippen molar-refractivity contribution in [1.82, 2.24) is 9.97 Å². The van der Waals surface area contributed by atoms with E-state index in [1.54, 1.807) is 30.6 Å². The maximum absolute atomic E-state index is 13.3. The second-order valence-electron chi connectivity index (χ2n) is 3.02. The number of hydrogen-bond donors (Lipinski definition) is 0. The average Bonchev–Trinajstić information content (AvgIpc) is 2.20. The maximum Gasteiger partial charge on any atom is 0.132 e. The Hall–Kier alpha value is -1.77. The van der Waals surface area contributed by atoms with Crippen LogP contribution in [0.2, 0.25) is 0 Å². The molecule has 1 aromatic carbocycles. The molecule has 14 heavy (non-hydrogen) atoms. The van der Waals surface area contributed by atoms with E-state index < -0.39 is 0 Å². The van der Waals surface area contributed by atoms with Crippen molar-refractivity contribution in [1.29, 1.82) is 0 Å². The quantitative estimate of drug-likeness (QED) is 0.687. The highest BCUT2D eigenvalue weighted by Crippen LogP contribution is 2.18. The van der Waals surface area contributed by atoms with Crippen LogP contribution >= 0.6 is 0 Å². The number of aryl methyl sites for hydroxylation is 1. The molecule has 1 aromatic heterocycles. The fourth-order valence-corrected chi connectivity index (χ4v) is 1.20. The molecule has 0 aliphatic heterocycles. The number of hydrogen-bond acceptors (Lipinski definition) is 2. The lowest BCUT2D eigenvalue weighted by molar-refractivity contribution is 0.630. The van der Waals surface area contributed by atoms with Gasteiger partial charge in [-0.15, -0.1) is 0 Å². The standard InChI is InChI=1S/C11H9FN2/c1-8-6-14-11(7-13-8)9-4-2-3-5-10(9)12/h2-7H,1H3. The molecular weight excluding hydrogens is 179 g/mol. The minimum absolute atomic E-state index is 0.273. The minimum Gasteiger partial charge on any atom is -0.258 e. The molecule has 0 bridgehead atoms. The third-order valence-electron chi connectivity index (χ3n) is 1.93. The summed E-state index contributed by atoms with van der Waals surface area (Å²) in [5.41, 5.74) is 1.87. The normalized spacial score (nSPS) is 10.1. The maximum atomic E-state index is 13.3. The Bertz CT molecular complexity index is 437. The molecule has 0 aliphatic carbocycles. The first-order valence-corrected chi connectivity index (χ1v) is 4.31. The molecule has 0 atom stereocenters. The SMILES string of the molecule is Cc1cnc(-c2ccccc2F)cn1. The Balaban J connectivity index is 2.50. The summed E-state index contributed by atoms with van der Waals surface area (Å²) < 4.78 is 13.3. The van der Waals surface area contributed by atoms with Gasteiger partial charge in [0.25, 0.3) is 0 Å². The van der Waals surface area contributed by atoms with Crippen LogP contribution in [-0.2, 0) is 0 Å². The van der Waals surface area contributed by atoms with Crippen LogP contribution in [0.4, 0.5) is 4.39 Å². The van der Waals surface area contributed by atoms with Crippen LogP contribution in [0.15, 0.2) is 36.7 Å². The van der Waals surface area contributed by atoms with E-state index in [0.717, 1.165) is 5.69 Å². The summed E-state index contributed by atoms with van der Waals surface area (Å²) in [6, 6.07) is 6.53. The van der Waals surface area contributed by atoms with Gasteiger partial charge >= 0.3 is 0 Å². The fraction of sp³-hybridized carbons (Fsp3) is 0.0909. The van der Waals surface area contributed by atoms with Crippen LogP contribution in [0.25, 0.3) is 11.3 Å². The molecular formula is C11H9FN2. The monoisotopic (exact) mass is 188 g/mol. The first kappa shape index (κ1) is 8.81. The van der Waals surface area contributed by atoms with E-state index in [1.807, 2.05) is 6.92 Å². The summed E-state index contributed by atoms with van der Waals surface area (Å²) in [7, 11) is 0. The van der Waals surface area contributed by atoms with Gasteiger partial charge in [-0.2, -0.15) is 0 Å². The van der Waals surface area contributed by atoms with E-state index in [1.165, 1.54) is 6.07 Å². The predicted molar refractivity (Wildman–Crippen MR) is 52.2 cm³/mol. The lowest BCUT2D eigenvalue weighted by Crippen LogP contribution is -1.90. The molecule has 1 heterocycles. The molecule has 0 N–H and O–H groups in total. The number of rotatable bonds is 1. The Morgan fingerprint density at radius 1 is 1.07 bits per heavy atom. The molecule has 0 aliphatic rings. The molecule has 2 rings (SSSR count). The molecule has 0 saturated carbocycles. The van der Waals surface area contributed by atoms with E-state index in [-0.39, 0.29) is 5.82 Å². The highest BCUT2D eigenvalue weighted by Gasteiger charge is 2.04. The van der Waals surface area contributed by atoms with Gasteiger partial charge in [0.1, 0.15) is 5.82 Å². The average molecular weight is 188 g/mol. The molecule has 0 spiro atoms. The van der Waals surface area contributed by atoms with Gasteiger partial charge in [0.2, 0.25) is 0 Å². The highest BCUT2D eigenvalue weighted by atomic mass is 19.1. The molecule has 0 radical (unpaired) electrons. The van der Waals surface area contributed by atoms with Crippen molar-refractivity contribution in [3.05, 3.63) is 48.2 Å². The lowest BCUT2D eigenvalue weighted by atomic mass is 10.1. The van der Waals surface area contributed by atoms with Gasteiger partial charge in [-0.3, -0.25) is 9.97 Å². The second-order valence-corrected chi connectivity index (χ2v) is 3.02. The number of benzene rings is 1. The van der Waals surface area contributed by atoms with Gasteiger partial charge in [0, 0.05) is 11.8 Å². The van der Waals surface area contributed by atoms with Crippen LogP contribution in [0, 0.1) is 12.7 Å². The second kappa shape index (κ2) is 3.54. The van der Waals surface area contributed by atoms with Gasteiger partial charge in [0.15, 0.2) is 0 Å². The van der Waals surface area contributed by atoms with Crippen LogP contribution in [0.1, 0.15) is 5.69 Å². The predicted octanol–water partition coefficient (Wildman–Crippen LogP) is 2.59. The number of halogens is 1. The number of nitrogens with zero attached hydrogens (tertiary/aromatic N) is 2. The third kappa shape index (κ3) is 1.62. The molecule has 2 aromatic rings. The largest absolute Gasteiger partial charge is 0.258 e. The summed E-state index contributed by atoms with van der Waals surface area (Å²) in [6.45, 7) is 1.85. The Labute approximate surface area is 81.5 Å². The van der Waals surface area contributed by atoms with Crippen molar-refractivity contribution in [2.24, 2.45) is 0 Å². The first-order valence-electron chi connectivity index (χ1n) is 4.31. The summed E-state index contributed by atoms with van der Waals surface area (Å²) >= 11 is 0. The van der Waals surface area contributed by atoms with E-state index >= 15 is 0 Å². The van der Waals surface area contributed by atoms with Crippen molar-refractivity contribution in [2.75, 3.05) is 0 Å². The zero-order valence-electron chi connectivity index (χ0n) is 7.74. The topological polar surface area (TPSA) is 25.8 Å². The zero-order valence-corrected chi connectivity index (χ0v) is 7.74. The van der Waals surface area contributed by atoms with Gasteiger partial charge < -0.3 is 0 Å². The van der Waals surface area contributed by atoms with Gasteiger partial charge in [0.05, 0.1) is 17.6 Å². The van der Waals surface area contributed by atoms with E-state index in [0.29, 0.717) is 11.3 Å². The minimum atomic E-state index is -0.273. The smallest absolute Gasteiger partial charge is 0.132 e. The van der Waals surface area contributed by atoms with Gasteiger partial charge in [-0.05, 0) is 19.1 Å². The van der Waals surface area contributed by atoms with Crippen LogP contribution in [0.5, 0.6) is 0 Å². The summed E-state index contributed by atoms with van der Waals surface area (Å²) in [4.78, 5) is 8.17. The molecule has 0 fully saturated rings. The molecule has 70 valence electrons.